The van der Waals surface area contributed by atoms with Crippen LogP contribution in [0, 0.1) is 0 Å². The number of nitrogens with zero attached hydrogens (tertiary/aromatic N) is 2. The van der Waals surface area contributed by atoms with Crippen molar-refractivity contribution < 1.29 is 4.52 Å². The quantitative estimate of drug-likeness (QED) is 0.885. The van der Waals surface area contributed by atoms with Gasteiger partial charge in [-0.05, 0) is 32.2 Å². The maximum Gasteiger partial charge on any atom is 0.229 e. The third kappa shape index (κ3) is 2.80. The Morgan fingerprint density at radius 2 is 1.94 bits per heavy atom. The molecule has 0 spiro atoms. The average Bonchev–Trinajstić information content (AvgIpc) is 2.52. The summed E-state index contributed by atoms with van der Waals surface area (Å²) in [6, 6.07) is 0.320. The molecule has 3 rings (SSSR count). The Morgan fingerprint density at radius 1 is 1.06 bits per heavy atom. The summed E-state index contributed by atoms with van der Waals surface area (Å²) in [5.74, 6) is 2.29. The van der Waals surface area contributed by atoms with E-state index in [4.69, 9.17) is 4.52 Å². The van der Waals surface area contributed by atoms with E-state index < -0.39 is 0 Å². The zero-order valence-corrected chi connectivity index (χ0v) is 10.8. The summed E-state index contributed by atoms with van der Waals surface area (Å²) < 4.78 is 5.36. The minimum atomic E-state index is 0. The highest BCUT2D eigenvalue weighted by molar-refractivity contribution is 5.85. The molecule has 1 N–H and O–H groups in total. The van der Waals surface area contributed by atoms with Gasteiger partial charge in [0.25, 0.3) is 0 Å². The topological polar surface area (TPSA) is 51.0 Å². The van der Waals surface area contributed by atoms with Gasteiger partial charge in [-0.1, -0.05) is 24.4 Å². The van der Waals surface area contributed by atoms with Crippen molar-refractivity contribution in [2.24, 2.45) is 0 Å². The van der Waals surface area contributed by atoms with Gasteiger partial charge in [0, 0.05) is 5.92 Å². The van der Waals surface area contributed by atoms with E-state index in [1.807, 2.05) is 0 Å². The second-order valence-electron chi connectivity index (χ2n) is 4.97. The second kappa shape index (κ2) is 5.83. The minimum absolute atomic E-state index is 0. The molecule has 1 aromatic heterocycles. The lowest BCUT2D eigenvalue weighted by Gasteiger charge is -2.20. The molecular weight excluding hydrogens is 238 g/mol. The zero-order valence-electron chi connectivity index (χ0n) is 10.0. The number of hydrogen-bond acceptors (Lipinski definition) is 4. The standard InChI is InChI=1S/C12H19N3O.ClH/c1-2-7-10(13-8-3-1)11-14-12(16-15-11)9-5-4-6-9;/h9-10,13H,1-8H2;1H. The third-order valence-corrected chi connectivity index (χ3v) is 3.78. The predicted octanol–water partition coefficient (Wildman–Crippen LogP) is 2.96. The van der Waals surface area contributed by atoms with E-state index in [1.165, 1.54) is 38.5 Å². The number of aromatic nitrogens is 2. The largest absolute Gasteiger partial charge is 0.339 e. The Hall–Kier alpha value is -0.610. The van der Waals surface area contributed by atoms with Crippen molar-refractivity contribution in [3.63, 3.8) is 0 Å². The van der Waals surface area contributed by atoms with E-state index in [-0.39, 0.29) is 12.4 Å². The van der Waals surface area contributed by atoms with Crippen LogP contribution >= 0.6 is 12.4 Å². The van der Waals surface area contributed by atoms with Crippen LogP contribution in [0.3, 0.4) is 0 Å². The fourth-order valence-electron chi connectivity index (χ4n) is 2.46. The van der Waals surface area contributed by atoms with E-state index in [0.717, 1.165) is 24.7 Å². The van der Waals surface area contributed by atoms with Crippen LogP contribution in [0.4, 0.5) is 0 Å². The van der Waals surface area contributed by atoms with Crippen LogP contribution in [0.1, 0.15) is 68.6 Å². The highest BCUT2D eigenvalue weighted by atomic mass is 35.5. The molecule has 0 amide bonds. The molecule has 2 aliphatic rings. The molecule has 2 heterocycles. The molecule has 1 aliphatic heterocycles. The minimum Gasteiger partial charge on any atom is -0.339 e. The molecule has 0 aromatic carbocycles. The van der Waals surface area contributed by atoms with Gasteiger partial charge in [-0.15, -0.1) is 12.4 Å². The summed E-state index contributed by atoms with van der Waals surface area (Å²) in [4.78, 5) is 4.56. The molecule has 0 bridgehead atoms. The fourth-order valence-corrected chi connectivity index (χ4v) is 2.46. The summed E-state index contributed by atoms with van der Waals surface area (Å²) in [5.41, 5.74) is 0. The molecule has 1 aromatic rings. The van der Waals surface area contributed by atoms with Crippen LogP contribution in [0.15, 0.2) is 4.52 Å². The van der Waals surface area contributed by atoms with Crippen LogP contribution in [0.25, 0.3) is 0 Å². The summed E-state index contributed by atoms with van der Waals surface area (Å²) in [6.07, 6.45) is 8.75. The van der Waals surface area contributed by atoms with Gasteiger partial charge in [-0.3, -0.25) is 0 Å². The van der Waals surface area contributed by atoms with Crippen LogP contribution < -0.4 is 5.32 Å². The first-order chi connectivity index (χ1) is 7.93. The Balaban J connectivity index is 0.00000108. The SMILES string of the molecule is C1CCNC(c2noc(C3CCC3)n2)CC1.Cl. The predicted molar refractivity (Wildman–Crippen MR) is 67.3 cm³/mol. The second-order valence-corrected chi connectivity index (χ2v) is 4.97. The van der Waals surface area contributed by atoms with E-state index in [1.54, 1.807) is 0 Å². The lowest BCUT2D eigenvalue weighted by atomic mass is 9.85. The van der Waals surface area contributed by atoms with Crippen LogP contribution in [-0.2, 0) is 0 Å². The molecule has 1 saturated carbocycles. The average molecular weight is 258 g/mol. The first-order valence-corrected chi connectivity index (χ1v) is 6.50. The number of hydrogen-bond donors (Lipinski definition) is 1. The van der Waals surface area contributed by atoms with E-state index >= 15 is 0 Å². The first kappa shape index (κ1) is 12.8. The molecule has 17 heavy (non-hydrogen) atoms. The van der Waals surface area contributed by atoms with Crippen LogP contribution in [-0.4, -0.2) is 16.7 Å². The molecule has 96 valence electrons. The Labute approximate surface area is 108 Å². The molecule has 2 fully saturated rings. The molecule has 1 aliphatic carbocycles. The highest BCUT2D eigenvalue weighted by Gasteiger charge is 2.27. The van der Waals surface area contributed by atoms with Crippen molar-refractivity contribution in [3.8, 4) is 0 Å². The molecule has 0 radical (unpaired) electrons. The Morgan fingerprint density at radius 3 is 2.71 bits per heavy atom. The first-order valence-electron chi connectivity index (χ1n) is 6.50. The van der Waals surface area contributed by atoms with Crippen molar-refractivity contribution in [2.75, 3.05) is 6.54 Å². The molecule has 5 heteroatoms. The van der Waals surface area contributed by atoms with Crippen molar-refractivity contribution in [2.45, 2.75) is 56.9 Å². The Bertz CT molecular complexity index is 343. The van der Waals surface area contributed by atoms with Gasteiger partial charge in [-0.25, -0.2) is 0 Å². The number of halogens is 1. The van der Waals surface area contributed by atoms with Gasteiger partial charge in [0.15, 0.2) is 5.82 Å². The smallest absolute Gasteiger partial charge is 0.229 e. The molecule has 4 nitrogen and oxygen atoms in total. The highest BCUT2D eigenvalue weighted by Crippen LogP contribution is 2.35. The fraction of sp³-hybridized carbons (Fsp3) is 0.833. The Kier molecular flexibility index (Phi) is 4.40. The molecule has 1 saturated heterocycles. The lowest BCUT2D eigenvalue weighted by molar-refractivity contribution is 0.289. The van der Waals surface area contributed by atoms with E-state index in [9.17, 15) is 0 Å². The molecular formula is C12H20ClN3O. The van der Waals surface area contributed by atoms with Crippen LogP contribution in [0.5, 0.6) is 0 Å². The molecule has 1 unspecified atom stereocenters. The summed E-state index contributed by atoms with van der Waals surface area (Å²) in [7, 11) is 0. The lowest BCUT2D eigenvalue weighted by Crippen LogP contribution is -2.21. The van der Waals surface area contributed by atoms with Gasteiger partial charge in [0.2, 0.25) is 5.89 Å². The van der Waals surface area contributed by atoms with Gasteiger partial charge < -0.3 is 9.84 Å². The van der Waals surface area contributed by atoms with Gasteiger partial charge in [-0.2, -0.15) is 4.98 Å². The third-order valence-electron chi connectivity index (χ3n) is 3.78. The number of nitrogens with one attached hydrogen (secondary N) is 1. The van der Waals surface area contributed by atoms with E-state index in [2.05, 4.69) is 15.5 Å². The van der Waals surface area contributed by atoms with Crippen LogP contribution in [0.2, 0.25) is 0 Å². The van der Waals surface area contributed by atoms with Crippen molar-refractivity contribution in [3.05, 3.63) is 11.7 Å². The van der Waals surface area contributed by atoms with Crippen molar-refractivity contribution in [1.29, 1.82) is 0 Å². The van der Waals surface area contributed by atoms with Crippen molar-refractivity contribution >= 4 is 12.4 Å². The van der Waals surface area contributed by atoms with Gasteiger partial charge >= 0.3 is 0 Å². The van der Waals surface area contributed by atoms with Gasteiger partial charge in [0.05, 0.1) is 6.04 Å². The van der Waals surface area contributed by atoms with Gasteiger partial charge in [0.1, 0.15) is 0 Å². The zero-order chi connectivity index (χ0) is 10.8. The summed E-state index contributed by atoms with van der Waals surface area (Å²) in [6.45, 7) is 1.08. The van der Waals surface area contributed by atoms with E-state index in [0.29, 0.717) is 12.0 Å². The van der Waals surface area contributed by atoms with Crippen molar-refractivity contribution in [1.82, 2.24) is 15.5 Å². The summed E-state index contributed by atoms with van der Waals surface area (Å²) in [5, 5.41) is 7.64. The number of rotatable bonds is 2. The molecule has 1 atom stereocenters. The monoisotopic (exact) mass is 257 g/mol. The normalized spacial score (nSPS) is 25.8. The maximum atomic E-state index is 5.36. The summed E-state index contributed by atoms with van der Waals surface area (Å²) >= 11 is 0. The maximum absolute atomic E-state index is 5.36.